The summed E-state index contributed by atoms with van der Waals surface area (Å²) in [6.07, 6.45) is 4.02. The smallest absolute Gasteiger partial charge is 0.242 e. The Morgan fingerprint density at radius 1 is 1.23 bits per heavy atom. The minimum Gasteiger partial charge on any atom is -0.372 e. The maximum atomic E-state index is 12.3. The zero-order valence-electron chi connectivity index (χ0n) is 14.8. The van der Waals surface area contributed by atoms with Gasteiger partial charge in [0.2, 0.25) is 11.8 Å². The molecular formula is C19H24N4O2S. The average Bonchev–Trinajstić information content (AvgIpc) is 3.25. The van der Waals surface area contributed by atoms with E-state index in [2.05, 4.69) is 27.3 Å². The molecule has 1 aromatic rings. The summed E-state index contributed by atoms with van der Waals surface area (Å²) in [5.74, 6) is -0.0607. The molecule has 1 unspecified atom stereocenters. The van der Waals surface area contributed by atoms with Gasteiger partial charge in [-0.15, -0.1) is 0 Å². The van der Waals surface area contributed by atoms with Crippen LogP contribution in [-0.2, 0) is 16.1 Å². The molecule has 2 fully saturated rings. The third kappa shape index (κ3) is 3.72. The van der Waals surface area contributed by atoms with Gasteiger partial charge in [0.05, 0.1) is 6.54 Å². The molecule has 0 saturated carbocycles. The lowest BCUT2D eigenvalue weighted by Crippen LogP contribution is -2.33. The molecule has 0 radical (unpaired) electrons. The number of nitrogens with zero attached hydrogens (tertiary/aromatic N) is 3. The first kappa shape index (κ1) is 17.4. The number of benzene rings is 1. The minimum atomic E-state index is -0.325. The maximum absolute atomic E-state index is 12.3. The van der Waals surface area contributed by atoms with Crippen molar-refractivity contribution in [2.75, 3.05) is 31.1 Å². The van der Waals surface area contributed by atoms with Crippen LogP contribution in [0.2, 0.25) is 0 Å². The Hall–Kier alpha value is -2.02. The van der Waals surface area contributed by atoms with Gasteiger partial charge in [0.25, 0.3) is 0 Å². The van der Waals surface area contributed by atoms with Gasteiger partial charge in [-0.25, -0.2) is 0 Å². The maximum Gasteiger partial charge on any atom is 0.242 e. The molecule has 1 atom stereocenters. The van der Waals surface area contributed by atoms with Crippen molar-refractivity contribution in [3.63, 3.8) is 0 Å². The first-order chi connectivity index (χ1) is 12.7. The van der Waals surface area contributed by atoms with Gasteiger partial charge < -0.3 is 10.2 Å². The van der Waals surface area contributed by atoms with E-state index in [9.17, 15) is 9.59 Å². The Morgan fingerprint density at radius 3 is 2.88 bits per heavy atom. The Morgan fingerprint density at radius 2 is 2.08 bits per heavy atom. The molecule has 138 valence electrons. The first-order valence-electron chi connectivity index (χ1n) is 9.34. The zero-order chi connectivity index (χ0) is 17.9. The van der Waals surface area contributed by atoms with E-state index in [4.69, 9.17) is 0 Å². The molecule has 1 N–H and O–H groups in total. The van der Waals surface area contributed by atoms with E-state index in [0.29, 0.717) is 19.6 Å². The average molecular weight is 372 g/mol. The highest BCUT2D eigenvalue weighted by molar-refractivity contribution is 8.15. The molecule has 0 bridgehead atoms. The van der Waals surface area contributed by atoms with E-state index in [0.717, 1.165) is 23.8 Å². The van der Waals surface area contributed by atoms with Gasteiger partial charge in [-0.05, 0) is 37.0 Å². The number of aliphatic imine (C=N–C) groups is 1. The monoisotopic (exact) mass is 372 g/mol. The Bertz CT molecular complexity index is 730. The van der Waals surface area contributed by atoms with E-state index < -0.39 is 0 Å². The third-order valence-electron chi connectivity index (χ3n) is 5.08. The Kier molecular flexibility index (Phi) is 5.15. The van der Waals surface area contributed by atoms with Gasteiger partial charge in [0.1, 0.15) is 5.25 Å². The summed E-state index contributed by atoms with van der Waals surface area (Å²) in [6.45, 7) is 4.05. The van der Waals surface area contributed by atoms with Crippen LogP contribution in [0, 0.1) is 0 Å². The molecule has 3 aliphatic heterocycles. The van der Waals surface area contributed by atoms with E-state index in [1.54, 1.807) is 4.90 Å². The molecule has 0 aromatic heterocycles. The van der Waals surface area contributed by atoms with Crippen molar-refractivity contribution in [1.82, 2.24) is 10.2 Å². The fourth-order valence-electron chi connectivity index (χ4n) is 3.67. The van der Waals surface area contributed by atoms with Crippen molar-refractivity contribution in [2.24, 2.45) is 4.99 Å². The molecule has 0 spiro atoms. The molecule has 2 saturated heterocycles. The lowest BCUT2D eigenvalue weighted by atomic mass is 10.1. The number of piperidine rings is 1. The number of fused-ring (bicyclic) bond motifs is 1. The van der Waals surface area contributed by atoms with E-state index >= 15 is 0 Å². The second-order valence-corrected chi connectivity index (χ2v) is 8.13. The highest BCUT2D eigenvalue weighted by Crippen LogP contribution is 2.31. The molecule has 3 heterocycles. The predicted molar refractivity (Wildman–Crippen MR) is 104 cm³/mol. The topological polar surface area (TPSA) is 65.0 Å². The quantitative estimate of drug-likeness (QED) is 0.859. The highest BCUT2D eigenvalue weighted by Gasteiger charge is 2.40. The molecule has 6 nitrogen and oxygen atoms in total. The molecular weight excluding hydrogens is 348 g/mol. The van der Waals surface area contributed by atoms with Crippen molar-refractivity contribution in [3.05, 3.63) is 29.8 Å². The van der Waals surface area contributed by atoms with Crippen LogP contribution in [0.4, 0.5) is 5.69 Å². The van der Waals surface area contributed by atoms with Gasteiger partial charge >= 0.3 is 0 Å². The fraction of sp³-hybridized carbons (Fsp3) is 0.526. The van der Waals surface area contributed by atoms with Crippen molar-refractivity contribution < 1.29 is 9.59 Å². The Labute approximate surface area is 158 Å². The van der Waals surface area contributed by atoms with Crippen LogP contribution in [-0.4, -0.2) is 53.3 Å². The lowest BCUT2D eigenvalue weighted by molar-refractivity contribution is -0.129. The number of thioether (sulfide) groups is 1. The normalized spacial score (nSPS) is 22.4. The van der Waals surface area contributed by atoms with Crippen molar-refractivity contribution in [2.45, 2.75) is 37.5 Å². The van der Waals surface area contributed by atoms with Crippen LogP contribution in [0.3, 0.4) is 0 Å². The standard InChI is InChI=1S/C19H24N4O2S/c24-17(12-16-18(25)23-10-7-20-19(23)26-16)21-13-14-5-4-6-15(11-14)22-8-2-1-3-9-22/h4-6,11,16H,1-3,7-10,12-13H2,(H,21,24). The molecule has 7 heteroatoms. The summed E-state index contributed by atoms with van der Waals surface area (Å²) in [6, 6.07) is 8.38. The first-order valence-corrected chi connectivity index (χ1v) is 10.2. The van der Waals surface area contributed by atoms with E-state index in [1.165, 1.54) is 36.7 Å². The summed E-state index contributed by atoms with van der Waals surface area (Å²) in [4.78, 5) is 32.9. The second-order valence-electron chi connectivity index (χ2n) is 6.96. The summed E-state index contributed by atoms with van der Waals surface area (Å²) in [5, 5.41) is 3.42. The van der Waals surface area contributed by atoms with Crippen LogP contribution in [0.1, 0.15) is 31.2 Å². The summed E-state index contributed by atoms with van der Waals surface area (Å²) in [7, 11) is 0. The van der Waals surface area contributed by atoms with Crippen molar-refractivity contribution >= 4 is 34.4 Å². The van der Waals surface area contributed by atoms with Gasteiger partial charge in [-0.2, -0.15) is 0 Å². The number of nitrogens with one attached hydrogen (secondary N) is 1. The SMILES string of the molecule is O=C(CC1SC2=NCCN2C1=O)NCc1cccc(N2CCCCC2)c1. The van der Waals surface area contributed by atoms with E-state index in [1.807, 2.05) is 12.1 Å². The summed E-state index contributed by atoms with van der Waals surface area (Å²) >= 11 is 1.42. The lowest BCUT2D eigenvalue weighted by Gasteiger charge is -2.29. The summed E-state index contributed by atoms with van der Waals surface area (Å²) in [5.41, 5.74) is 2.33. The number of carbonyl (C=O) groups excluding carboxylic acids is 2. The highest BCUT2D eigenvalue weighted by atomic mass is 32.2. The number of anilines is 1. The predicted octanol–water partition coefficient (Wildman–Crippen LogP) is 2.00. The number of amides is 2. The van der Waals surface area contributed by atoms with Crippen LogP contribution < -0.4 is 10.2 Å². The van der Waals surface area contributed by atoms with Crippen LogP contribution in [0.15, 0.2) is 29.3 Å². The van der Waals surface area contributed by atoms with Gasteiger partial charge in [0.15, 0.2) is 5.17 Å². The zero-order valence-corrected chi connectivity index (χ0v) is 15.6. The molecule has 2 amide bonds. The largest absolute Gasteiger partial charge is 0.372 e. The second kappa shape index (κ2) is 7.70. The molecule has 4 rings (SSSR count). The molecule has 0 aliphatic carbocycles. The number of hydrogen-bond donors (Lipinski definition) is 1. The van der Waals surface area contributed by atoms with Gasteiger partial charge in [-0.1, -0.05) is 23.9 Å². The summed E-state index contributed by atoms with van der Waals surface area (Å²) < 4.78 is 0. The van der Waals surface area contributed by atoms with Gasteiger partial charge in [0, 0.05) is 38.3 Å². The van der Waals surface area contributed by atoms with Crippen LogP contribution in [0.25, 0.3) is 0 Å². The molecule has 26 heavy (non-hydrogen) atoms. The number of carbonyl (C=O) groups is 2. The third-order valence-corrected chi connectivity index (χ3v) is 6.30. The number of amidine groups is 1. The molecule has 3 aliphatic rings. The van der Waals surface area contributed by atoms with Crippen LogP contribution in [0.5, 0.6) is 0 Å². The van der Waals surface area contributed by atoms with Crippen molar-refractivity contribution in [1.29, 1.82) is 0 Å². The van der Waals surface area contributed by atoms with E-state index in [-0.39, 0.29) is 23.5 Å². The van der Waals surface area contributed by atoms with Gasteiger partial charge in [-0.3, -0.25) is 19.5 Å². The number of hydrogen-bond acceptors (Lipinski definition) is 5. The van der Waals surface area contributed by atoms with Crippen molar-refractivity contribution in [3.8, 4) is 0 Å². The number of rotatable bonds is 5. The minimum absolute atomic E-state index is 0.0218. The molecule has 1 aromatic carbocycles. The fourth-order valence-corrected chi connectivity index (χ4v) is 4.86. The Balaban J connectivity index is 1.30. The van der Waals surface area contributed by atoms with Crippen LogP contribution >= 0.6 is 11.8 Å².